The lowest BCUT2D eigenvalue weighted by molar-refractivity contribution is 0.180. The van der Waals surface area contributed by atoms with Gasteiger partial charge in [0, 0.05) is 31.2 Å². The van der Waals surface area contributed by atoms with Crippen molar-refractivity contribution in [1.29, 1.82) is 0 Å². The molecule has 0 aliphatic carbocycles. The van der Waals surface area contributed by atoms with E-state index in [9.17, 15) is 0 Å². The van der Waals surface area contributed by atoms with Gasteiger partial charge in [-0.1, -0.05) is 13.8 Å². The van der Waals surface area contributed by atoms with Gasteiger partial charge in [0.25, 0.3) is 0 Å². The Labute approximate surface area is 129 Å². The second kappa shape index (κ2) is 7.97. The van der Waals surface area contributed by atoms with Crippen molar-refractivity contribution >= 4 is 0 Å². The number of hydrogen-bond acceptors (Lipinski definition) is 4. The summed E-state index contributed by atoms with van der Waals surface area (Å²) in [5, 5.41) is 3.51. The van der Waals surface area contributed by atoms with Crippen molar-refractivity contribution in [3.05, 3.63) is 23.7 Å². The summed E-state index contributed by atoms with van der Waals surface area (Å²) in [5.41, 5.74) is 1.31. The quantitative estimate of drug-likeness (QED) is 0.873. The monoisotopic (exact) mass is 293 g/mol. The van der Waals surface area contributed by atoms with E-state index in [0.717, 1.165) is 38.5 Å². The summed E-state index contributed by atoms with van der Waals surface area (Å²) in [5.74, 6) is 1.81. The summed E-state index contributed by atoms with van der Waals surface area (Å²) >= 11 is 0. The second-order valence-corrected chi connectivity index (χ2v) is 6.83. The Kier molecular flexibility index (Phi) is 6.27. The van der Waals surface area contributed by atoms with Gasteiger partial charge in [-0.3, -0.25) is 4.90 Å². The molecule has 1 saturated heterocycles. The first-order chi connectivity index (χ1) is 10.1. The molecule has 0 spiro atoms. The highest BCUT2D eigenvalue weighted by molar-refractivity contribution is 5.17. The van der Waals surface area contributed by atoms with E-state index in [1.807, 2.05) is 6.26 Å². The zero-order valence-corrected chi connectivity index (χ0v) is 14.1. The topological polar surface area (TPSA) is 31.7 Å². The van der Waals surface area contributed by atoms with Gasteiger partial charge in [0.05, 0.1) is 12.8 Å². The second-order valence-electron chi connectivity index (χ2n) is 6.83. The minimum atomic E-state index is 0.582. The molecule has 2 rings (SSSR count). The molecule has 0 bridgehead atoms. The first kappa shape index (κ1) is 16.5. The summed E-state index contributed by atoms with van der Waals surface area (Å²) < 4.78 is 5.75. The van der Waals surface area contributed by atoms with Crippen molar-refractivity contribution in [3.8, 4) is 0 Å². The van der Waals surface area contributed by atoms with Crippen LogP contribution in [-0.2, 0) is 13.1 Å². The Morgan fingerprint density at radius 1 is 1.38 bits per heavy atom. The molecule has 0 saturated carbocycles. The van der Waals surface area contributed by atoms with E-state index in [1.54, 1.807) is 0 Å². The van der Waals surface area contributed by atoms with Gasteiger partial charge in [0.2, 0.25) is 0 Å². The molecule has 0 aromatic carbocycles. The van der Waals surface area contributed by atoms with Crippen LogP contribution in [0.25, 0.3) is 0 Å². The Morgan fingerprint density at radius 3 is 2.95 bits per heavy atom. The lowest BCUT2D eigenvalue weighted by Crippen LogP contribution is -2.37. The first-order valence-electron chi connectivity index (χ1n) is 8.24. The number of hydrogen-bond donors (Lipinski definition) is 1. The maximum Gasteiger partial charge on any atom is 0.122 e. The largest absolute Gasteiger partial charge is 0.468 e. The van der Waals surface area contributed by atoms with Crippen molar-refractivity contribution < 1.29 is 4.42 Å². The molecule has 1 aliphatic heterocycles. The molecular formula is C17H31N3O. The van der Waals surface area contributed by atoms with E-state index in [2.05, 4.69) is 49.0 Å². The van der Waals surface area contributed by atoms with Gasteiger partial charge in [-0.25, -0.2) is 0 Å². The molecule has 1 atom stereocenters. The van der Waals surface area contributed by atoms with Crippen molar-refractivity contribution in [3.63, 3.8) is 0 Å². The molecule has 2 heterocycles. The summed E-state index contributed by atoms with van der Waals surface area (Å²) in [4.78, 5) is 4.98. The Morgan fingerprint density at radius 2 is 2.19 bits per heavy atom. The van der Waals surface area contributed by atoms with Crippen molar-refractivity contribution in [2.45, 2.75) is 46.3 Å². The van der Waals surface area contributed by atoms with Crippen LogP contribution in [0.15, 0.2) is 16.7 Å². The molecule has 0 radical (unpaired) electrons. The zero-order chi connectivity index (χ0) is 15.2. The summed E-state index contributed by atoms with van der Waals surface area (Å²) in [6.45, 7) is 13.2. The molecule has 120 valence electrons. The number of nitrogens with one attached hydrogen (secondary N) is 1. The van der Waals surface area contributed by atoms with Crippen LogP contribution >= 0.6 is 0 Å². The predicted octanol–water partition coefficient (Wildman–Crippen LogP) is 2.55. The van der Waals surface area contributed by atoms with E-state index in [0.29, 0.717) is 12.0 Å². The number of furan rings is 1. The van der Waals surface area contributed by atoms with Crippen molar-refractivity contribution in [1.82, 2.24) is 15.1 Å². The maximum atomic E-state index is 5.75. The van der Waals surface area contributed by atoms with Gasteiger partial charge in [-0.05, 0) is 45.5 Å². The van der Waals surface area contributed by atoms with Crippen LogP contribution in [0.4, 0.5) is 0 Å². The van der Waals surface area contributed by atoms with Crippen molar-refractivity contribution in [2.75, 3.05) is 33.2 Å². The van der Waals surface area contributed by atoms with E-state index in [4.69, 9.17) is 4.42 Å². The molecule has 1 aliphatic rings. The van der Waals surface area contributed by atoms with Crippen LogP contribution < -0.4 is 5.32 Å². The molecule has 4 heteroatoms. The van der Waals surface area contributed by atoms with Gasteiger partial charge in [0.1, 0.15) is 5.76 Å². The lowest BCUT2D eigenvalue weighted by Gasteiger charge is -2.27. The third-order valence-electron chi connectivity index (χ3n) is 4.24. The summed E-state index contributed by atoms with van der Waals surface area (Å²) in [6, 6.07) is 2.69. The molecular weight excluding hydrogens is 262 g/mol. The highest BCUT2D eigenvalue weighted by atomic mass is 16.3. The van der Waals surface area contributed by atoms with Crippen LogP contribution in [0.1, 0.15) is 38.5 Å². The van der Waals surface area contributed by atoms with Crippen LogP contribution in [0, 0.1) is 5.92 Å². The highest BCUT2D eigenvalue weighted by Crippen LogP contribution is 2.17. The van der Waals surface area contributed by atoms with Gasteiger partial charge in [-0.2, -0.15) is 0 Å². The fourth-order valence-corrected chi connectivity index (χ4v) is 3.00. The standard InChI is InChI=1S/C17H31N3O/c1-14(2)10-18-11-16-6-9-21-17(16)13-20-8-5-7-19(4)12-15(20)3/h6,9,14-15,18H,5,7-8,10-13H2,1-4H3. The average Bonchev–Trinajstić information content (AvgIpc) is 2.77. The first-order valence-corrected chi connectivity index (χ1v) is 8.24. The predicted molar refractivity (Wildman–Crippen MR) is 87.2 cm³/mol. The fraction of sp³-hybridized carbons (Fsp3) is 0.765. The van der Waals surface area contributed by atoms with Crippen LogP contribution in [0.3, 0.4) is 0 Å². The maximum absolute atomic E-state index is 5.75. The molecule has 21 heavy (non-hydrogen) atoms. The zero-order valence-electron chi connectivity index (χ0n) is 14.1. The molecule has 1 aromatic rings. The van der Waals surface area contributed by atoms with E-state index >= 15 is 0 Å². The van der Waals surface area contributed by atoms with Gasteiger partial charge in [0.15, 0.2) is 0 Å². The molecule has 1 fully saturated rings. The van der Waals surface area contributed by atoms with Crippen LogP contribution in [0.5, 0.6) is 0 Å². The number of rotatable bonds is 6. The molecule has 1 unspecified atom stereocenters. The van der Waals surface area contributed by atoms with Gasteiger partial charge in [-0.15, -0.1) is 0 Å². The van der Waals surface area contributed by atoms with Crippen LogP contribution in [-0.4, -0.2) is 49.1 Å². The highest BCUT2D eigenvalue weighted by Gasteiger charge is 2.21. The molecule has 0 amide bonds. The molecule has 4 nitrogen and oxygen atoms in total. The summed E-state index contributed by atoms with van der Waals surface area (Å²) in [7, 11) is 2.22. The SMILES string of the molecule is CC(C)CNCc1ccoc1CN1CCCN(C)CC1C. The number of likely N-dealkylation sites (N-methyl/N-ethyl adjacent to an activating group) is 1. The Bertz CT molecular complexity index is 416. The third-order valence-corrected chi connectivity index (χ3v) is 4.24. The number of nitrogens with zero attached hydrogens (tertiary/aromatic N) is 2. The smallest absolute Gasteiger partial charge is 0.122 e. The molecule has 1 N–H and O–H groups in total. The molecule has 1 aromatic heterocycles. The minimum absolute atomic E-state index is 0.582. The van der Waals surface area contributed by atoms with E-state index in [1.165, 1.54) is 18.5 Å². The van der Waals surface area contributed by atoms with Crippen molar-refractivity contribution in [2.24, 2.45) is 5.92 Å². The van der Waals surface area contributed by atoms with Gasteiger partial charge < -0.3 is 14.6 Å². The fourth-order valence-electron chi connectivity index (χ4n) is 3.00. The van der Waals surface area contributed by atoms with E-state index in [-0.39, 0.29) is 0 Å². The van der Waals surface area contributed by atoms with E-state index < -0.39 is 0 Å². The third kappa shape index (κ3) is 5.13. The lowest BCUT2D eigenvalue weighted by atomic mass is 10.2. The normalized spacial score (nSPS) is 21.9. The Balaban J connectivity index is 1.91. The Hall–Kier alpha value is -0.840. The van der Waals surface area contributed by atoms with Crippen LogP contribution in [0.2, 0.25) is 0 Å². The summed E-state index contributed by atoms with van der Waals surface area (Å²) in [6.07, 6.45) is 3.07. The minimum Gasteiger partial charge on any atom is -0.468 e. The van der Waals surface area contributed by atoms with Gasteiger partial charge >= 0.3 is 0 Å². The average molecular weight is 293 g/mol.